The first-order chi connectivity index (χ1) is 15.0. The van der Waals surface area contributed by atoms with E-state index >= 15 is 0 Å². The average Bonchev–Trinajstić information content (AvgIpc) is 3.37. The van der Waals surface area contributed by atoms with Crippen molar-refractivity contribution < 1.29 is 4.79 Å². The number of fused-ring (bicyclic) bond motifs is 2. The van der Waals surface area contributed by atoms with Crippen molar-refractivity contribution in [2.75, 3.05) is 5.32 Å². The van der Waals surface area contributed by atoms with Crippen LogP contribution in [0.3, 0.4) is 0 Å². The van der Waals surface area contributed by atoms with Crippen molar-refractivity contribution in [3.8, 4) is 5.69 Å². The van der Waals surface area contributed by atoms with Gasteiger partial charge in [0, 0.05) is 0 Å². The topological polar surface area (TPSA) is 108 Å². The van der Waals surface area contributed by atoms with Gasteiger partial charge in [0.15, 0.2) is 5.65 Å². The van der Waals surface area contributed by atoms with E-state index in [1.54, 1.807) is 16.8 Å². The molecule has 5 aromatic rings. The van der Waals surface area contributed by atoms with Gasteiger partial charge in [-0.05, 0) is 49.2 Å². The second kappa shape index (κ2) is 7.40. The molecule has 0 fully saturated rings. The standard InChI is InChI=1S/C21H17N7O2S/c1-12-6-13(2)8-14(7-12)28-20-15(9-23-28)21(30)27(11-22-20)10-18(29)24-16-4-3-5-17-19(16)26-31-25-17/h3-9,11H,10H2,1-2H3,(H,24,29). The van der Waals surface area contributed by atoms with Crippen molar-refractivity contribution in [1.29, 1.82) is 0 Å². The molecule has 3 aromatic heterocycles. The van der Waals surface area contributed by atoms with Crippen LogP contribution in [0.2, 0.25) is 0 Å². The molecule has 0 saturated heterocycles. The van der Waals surface area contributed by atoms with Crippen LogP contribution in [0.25, 0.3) is 27.8 Å². The number of hydrogen-bond acceptors (Lipinski definition) is 7. The molecule has 1 N–H and O–H groups in total. The van der Waals surface area contributed by atoms with E-state index in [0.717, 1.165) is 28.5 Å². The summed E-state index contributed by atoms with van der Waals surface area (Å²) in [4.78, 5) is 29.9. The Morgan fingerprint density at radius 2 is 1.94 bits per heavy atom. The van der Waals surface area contributed by atoms with E-state index in [0.29, 0.717) is 27.8 Å². The molecule has 0 atom stereocenters. The van der Waals surface area contributed by atoms with Crippen molar-refractivity contribution >= 4 is 45.4 Å². The molecule has 0 bridgehead atoms. The normalized spacial score (nSPS) is 11.3. The fraction of sp³-hybridized carbons (Fsp3) is 0.143. The van der Waals surface area contributed by atoms with Crippen molar-refractivity contribution in [2.24, 2.45) is 0 Å². The molecule has 1 amide bonds. The van der Waals surface area contributed by atoms with Crippen molar-refractivity contribution in [2.45, 2.75) is 20.4 Å². The smallest absolute Gasteiger partial charge is 0.264 e. The molecule has 9 nitrogen and oxygen atoms in total. The minimum Gasteiger partial charge on any atom is -0.323 e. The van der Waals surface area contributed by atoms with Gasteiger partial charge >= 0.3 is 0 Å². The predicted molar refractivity (Wildman–Crippen MR) is 119 cm³/mol. The average molecular weight is 431 g/mol. The van der Waals surface area contributed by atoms with Gasteiger partial charge < -0.3 is 5.32 Å². The van der Waals surface area contributed by atoms with Gasteiger partial charge in [0.1, 0.15) is 29.3 Å². The number of hydrogen-bond donors (Lipinski definition) is 1. The van der Waals surface area contributed by atoms with Gasteiger partial charge in [-0.25, -0.2) is 9.67 Å². The third-order valence-electron chi connectivity index (χ3n) is 4.88. The molecule has 154 valence electrons. The van der Waals surface area contributed by atoms with Gasteiger partial charge in [0.05, 0.1) is 29.3 Å². The summed E-state index contributed by atoms with van der Waals surface area (Å²) in [6, 6.07) is 11.4. The molecule has 2 aromatic carbocycles. The zero-order valence-corrected chi connectivity index (χ0v) is 17.6. The Morgan fingerprint density at radius 1 is 1.13 bits per heavy atom. The van der Waals surface area contributed by atoms with Gasteiger partial charge in [-0.2, -0.15) is 13.8 Å². The Hall–Kier alpha value is -3.92. The van der Waals surface area contributed by atoms with E-state index in [2.05, 4.69) is 30.2 Å². The highest BCUT2D eigenvalue weighted by Crippen LogP contribution is 2.21. The first kappa shape index (κ1) is 19.1. The van der Waals surface area contributed by atoms with Crippen LogP contribution in [0.4, 0.5) is 5.69 Å². The summed E-state index contributed by atoms with van der Waals surface area (Å²) < 4.78 is 11.3. The fourth-order valence-corrected chi connectivity index (χ4v) is 4.12. The third-order valence-corrected chi connectivity index (χ3v) is 5.42. The minimum atomic E-state index is -0.356. The van der Waals surface area contributed by atoms with Crippen LogP contribution in [0, 0.1) is 13.8 Å². The van der Waals surface area contributed by atoms with Crippen molar-refractivity contribution in [3.63, 3.8) is 0 Å². The van der Waals surface area contributed by atoms with E-state index in [1.807, 2.05) is 32.0 Å². The van der Waals surface area contributed by atoms with E-state index in [9.17, 15) is 9.59 Å². The van der Waals surface area contributed by atoms with Crippen LogP contribution in [0.15, 0.2) is 53.7 Å². The zero-order chi connectivity index (χ0) is 21.5. The maximum Gasteiger partial charge on any atom is 0.264 e. The summed E-state index contributed by atoms with van der Waals surface area (Å²) in [6.07, 6.45) is 2.86. The Labute approximate surface area is 180 Å². The van der Waals surface area contributed by atoms with E-state index in [-0.39, 0.29) is 18.0 Å². The first-order valence-electron chi connectivity index (χ1n) is 9.52. The zero-order valence-electron chi connectivity index (χ0n) is 16.7. The molecule has 0 aliphatic heterocycles. The molecule has 0 radical (unpaired) electrons. The number of amides is 1. The third kappa shape index (κ3) is 3.46. The number of carbonyl (C=O) groups is 1. The summed E-state index contributed by atoms with van der Waals surface area (Å²) >= 11 is 1.08. The molecule has 3 heterocycles. The van der Waals surface area contributed by atoms with Crippen LogP contribution >= 0.6 is 11.7 Å². The number of carbonyl (C=O) groups excluding carboxylic acids is 1. The number of benzene rings is 2. The van der Waals surface area contributed by atoms with Gasteiger partial charge in [-0.3, -0.25) is 14.2 Å². The molecule has 0 unspecified atom stereocenters. The Balaban J connectivity index is 1.45. The summed E-state index contributed by atoms with van der Waals surface area (Å²) in [7, 11) is 0. The maximum atomic E-state index is 12.9. The SMILES string of the molecule is Cc1cc(C)cc(-n2ncc3c(=O)n(CC(=O)Nc4cccc5nsnc45)cnc32)c1. The van der Waals surface area contributed by atoms with E-state index in [1.165, 1.54) is 17.1 Å². The summed E-state index contributed by atoms with van der Waals surface area (Å²) in [5.41, 5.74) is 5.02. The second-order valence-corrected chi connectivity index (χ2v) is 7.83. The van der Waals surface area contributed by atoms with Crippen molar-refractivity contribution in [3.05, 3.63) is 70.4 Å². The Morgan fingerprint density at radius 3 is 2.74 bits per heavy atom. The predicted octanol–water partition coefficient (Wildman–Crippen LogP) is 2.84. The molecule has 5 rings (SSSR count). The monoisotopic (exact) mass is 431 g/mol. The molecule has 0 aliphatic rings. The lowest BCUT2D eigenvalue weighted by molar-refractivity contribution is -0.116. The lowest BCUT2D eigenvalue weighted by Crippen LogP contribution is -2.28. The molecule has 0 spiro atoms. The second-order valence-electron chi connectivity index (χ2n) is 7.30. The molecule has 0 aliphatic carbocycles. The number of nitrogens with zero attached hydrogens (tertiary/aromatic N) is 6. The summed E-state index contributed by atoms with van der Waals surface area (Å²) in [6.45, 7) is 3.83. The highest BCUT2D eigenvalue weighted by atomic mass is 32.1. The quantitative estimate of drug-likeness (QED) is 0.469. The van der Waals surface area contributed by atoms with Crippen LogP contribution in [0.5, 0.6) is 0 Å². The van der Waals surface area contributed by atoms with Gasteiger partial charge in [0.2, 0.25) is 5.91 Å². The highest BCUT2D eigenvalue weighted by molar-refractivity contribution is 7.00. The number of anilines is 1. The summed E-state index contributed by atoms with van der Waals surface area (Å²) in [5, 5.41) is 7.49. The lowest BCUT2D eigenvalue weighted by atomic mass is 10.1. The lowest BCUT2D eigenvalue weighted by Gasteiger charge is -2.08. The molecule has 31 heavy (non-hydrogen) atoms. The Kier molecular flexibility index (Phi) is 4.55. The summed E-state index contributed by atoms with van der Waals surface area (Å²) in [5.74, 6) is -0.356. The first-order valence-corrected chi connectivity index (χ1v) is 10.3. The Bertz CT molecular complexity index is 1500. The number of rotatable bonds is 4. The van der Waals surface area contributed by atoms with Crippen LogP contribution in [-0.2, 0) is 11.3 Å². The number of aryl methyl sites for hydroxylation is 2. The molecular formula is C21H17N7O2S. The van der Waals surface area contributed by atoms with Gasteiger partial charge in [-0.1, -0.05) is 12.1 Å². The molecule has 10 heteroatoms. The largest absolute Gasteiger partial charge is 0.323 e. The van der Waals surface area contributed by atoms with Crippen LogP contribution in [-0.4, -0.2) is 34.0 Å². The van der Waals surface area contributed by atoms with Crippen molar-refractivity contribution in [1.82, 2.24) is 28.1 Å². The van der Waals surface area contributed by atoms with E-state index < -0.39 is 0 Å². The highest BCUT2D eigenvalue weighted by Gasteiger charge is 2.15. The number of nitrogens with one attached hydrogen (secondary N) is 1. The van der Waals surface area contributed by atoms with Gasteiger partial charge in [-0.15, -0.1) is 0 Å². The molecule has 0 saturated carbocycles. The minimum absolute atomic E-state index is 0.176. The van der Waals surface area contributed by atoms with Gasteiger partial charge in [0.25, 0.3) is 5.56 Å². The van der Waals surface area contributed by atoms with Crippen LogP contribution < -0.4 is 10.9 Å². The fourth-order valence-electron chi connectivity index (χ4n) is 3.57. The molecular weight excluding hydrogens is 414 g/mol. The van der Waals surface area contributed by atoms with E-state index in [4.69, 9.17) is 0 Å². The number of aromatic nitrogens is 6. The van der Waals surface area contributed by atoms with Crippen LogP contribution in [0.1, 0.15) is 11.1 Å². The maximum absolute atomic E-state index is 12.9.